The number of aryl methyl sites for hydroxylation is 1. The normalized spacial score (nSPS) is 19.9. The van der Waals surface area contributed by atoms with Crippen molar-refractivity contribution in [2.45, 2.75) is 105 Å². The van der Waals surface area contributed by atoms with Crippen molar-refractivity contribution >= 4 is 11.6 Å². The van der Waals surface area contributed by atoms with Crippen molar-refractivity contribution in [3.8, 4) is 11.3 Å². The molecule has 1 saturated carbocycles. The van der Waals surface area contributed by atoms with Crippen molar-refractivity contribution in [2.24, 2.45) is 5.41 Å². The lowest BCUT2D eigenvalue weighted by atomic mass is 9.86. The van der Waals surface area contributed by atoms with Crippen molar-refractivity contribution in [3.63, 3.8) is 0 Å². The van der Waals surface area contributed by atoms with Gasteiger partial charge >= 0.3 is 0 Å². The monoisotopic (exact) mass is 479 g/mol. The molecular formula is C27H41N7O. The Morgan fingerprint density at radius 3 is 2.51 bits per heavy atom. The number of nitrogens with one attached hydrogen (secondary N) is 3. The van der Waals surface area contributed by atoms with E-state index in [1.54, 1.807) is 10.8 Å². The number of fused-ring (bicyclic) bond motifs is 1. The van der Waals surface area contributed by atoms with Crippen LogP contribution in [0.25, 0.3) is 16.9 Å². The van der Waals surface area contributed by atoms with Crippen LogP contribution in [-0.2, 0) is 0 Å². The molecule has 1 amide bonds. The number of amides is 1. The molecule has 1 unspecified atom stereocenters. The molecule has 3 aromatic heterocycles. The van der Waals surface area contributed by atoms with Crippen molar-refractivity contribution in [3.05, 3.63) is 35.4 Å². The molecule has 190 valence electrons. The summed E-state index contributed by atoms with van der Waals surface area (Å²) in [6, 6.07) is 3.29. The van der Waals surface area contributed by atoms with Crippen molar-refractivity contribution in [2.75, 3.05) is 0 Å². The Bertz CT molecular complexity index is 1160. The van der Waals surface area contributed by atoms with E-state index in [4.69, 9.17) is 0 Å². The molecular weight excluding hydrogens is 438 g/mol. The molecule has 0 radical (unpaired) electrons. The number of nitrogens with zero attached hydrogens (tertiary/aromatic N) is 4. The minimum Gasteiger partial charge on any atom is -0.348 e. The molecule has 1 aliphatic carbocycles. The third-order valence-electron chi connectivity index (χ3n) is 6.95. The minimum atomic E-state index is -0.0905. The predicted molar refractivity (Wildman–Crippen MR) is 140 cm³/mol. The number of rotatable bonds is 7. The first kappa shape index (κ1) is 25.4. The third kappa shape index (κ3) is 5.92. The standard InChI is InChI=1S/C27H41N7O/c1-16(2)22-23(19-12-17(3)25-28-15-29-34(25)14-19)32-33-24(22)26(35)31-21-10-8-20(9-11-21)30-18(4)13-27(5,6)7/h12,14-16,18,20-21,30H,8-11,13H2,1-7H3,(H,31,35)(H,32,33)/t18?,20-,21-. The first-order valence-corrected chi connectivity index (χ1v) is 13.0. The van der Waals surface area contributed by atoms with Gasteiger partial charge < -0.3 is 10.6 Å². The van der Waals surface area contributed by atoms with E-state index in [1.165, 1.54) is 0 Å². The van der Waals surface area contributed by atoms with E-state index in [-0.39, 0.29) is 17.9 Å². The first-order valence-electron chi connectivity index (χ1n) is 13.0. The summed E-state index contributed by atoms with van der Waals surface area (Å²) in [5.74, 6) is 0.0488. The average molecular weight is 480 g/mol. The Kier molecular flexibility index (Phi) is 7.31. The molecule has 0 aliphatic heterocycles. The van der Waals surface area contributed by atoms with Crippen LogP contribution in [0.5, 0.6) is 0 Å². The molecule has 8 nitrogen and oxygen atoms in total. The van der Waals surface area contributed by atoms with Crippen molar-refractivity contribution < 1.29 is 4.79 Å². The smallest absolute Gasteiger partial charge is 0.272 e. The summed E-state index contributed by atoms with van der Waals surface area (Å²) in [6.07, 6.45) is 8.79. The van der Waals surface area contributed by atoms with E-state index in [9.17, 15) is 4.79 Å². The fourth-order valence-corrected chi connectivity index (χ4v) is 5.57. The number of aromatic nitrogens is 5. The van der Waals surface area contributed by atoms with Gasteiger partial charge in [-0.25, -0.2) is 9.50 Å². The number of pyridine rings is 1. The molecule has 1 aliphatic rings. The quantitative estimate of drug-likeness (QED) is 0.442. The topological polar surface area (TPSA) is 100 Å². The maximum atomic E-state index is 13.3. The Hall–Kier alpha value is -2.74. The van der Waals surface area contributed by atoms with Gasteiger partial charge in [0.1, 0.15) is 6.33 Å². The summed E-state index contributed by atoms with van der Waals surface area (Å²) < 4.78 is 1.77. The predicted octanol–water partition coefficient (Wildman–Crippen LogP) is 5.01. The van der Waals surface area contributed by atoms with Gasteiger partial charge in [-0.15, -0.1) is 0 Å². The summed E-state index contributed by atoms with van der Waals surface area (Å²) in [5, 5.41) is 19.0. The highest BCUT2D eigenvalue weighted by molar-refractivity contribution is 5.96. The summed E-state index contributed by atoms with van der Waals surface area (Å²) in [7, 11) is 0. The minimum absolute atomic E-state index is 0.0905. The number of aromatic amines is 1. The summed E-state index contributed by atoms with van der Waals surface area (Å²) in [4.78, 5) is 17.6. The summed E-state index contributed by atoms with van der Waals surface area (Å²) in [5.41, 5.74) is 5.43. The average Bonchev–Trinajstić information content (AvgIpc) is 3.41. The highest BCUT2D eigenvalue weighted by Crippen LogP contribution is 2.31. The Morgan fingerprint density at radius 2 is 1.86 bits per heavy atom. The SMILES string of the molecule is Cc1cc(-c2[nH]nc(C(=O)N[C@H]3CC[C@H](NC(C)CC(C)(C)C)CC3)c2C(C)C)cn2ncnc12. The zero-order valence-electron chi connectivity index (χ0n) is 22.3. The molecule has 3 N–H and O–H groups in total. The van der Waals surface area contributed by atoms with Crippen LogP contribution < -0.4 is 10.6 Å². The molecule has 0 aromatic carbocycles. The Morgan fingerprint density at radius 1 is 1.17 bits per heavy atom. The van der Waals surface area contributed by atoms with Crippen LogP contribution in [0, 0.1) is 12.3 Å². The third-order valence-corrected chi connectivity index (χ3v) is 6.95. The van der Waals surface area contributed by atoms with Gasteiger partial charge in [-0.05, 0) is 68.9 Å². The molecule has 35 heavy (non-hydrogen) atoms. The number of H-pyrrole nitrogens is 1. The van der Waals surface area contributed by atoms with E-state index >= 15 is 0 Å². The van der Waals surface area contributed by atoms with E-state index in [2.05, 4.69) is 78.5 Å². The fraction of sp³-hybridized carbons (Fsp3) is 0.630. The Labute approximate surface area is 208 Å². The molecule has 0 saturated heterocycles. The van der Waals surface area contributed by atoms with E-state index in [1.807, 2.05) is 13.1 Å². The number of carbonyl (C=O) groups is 1. The highest BCUT2D eigenvalue weighted by Gasteiger charge is 2.28. The lowest BCUT2D eigenvalue weighted by Gasteiger charge is -2.33. The van der Waals surface area contributed by atoms with Crippen LogP contribution in [0.2, 0.25) is 0 Å². The van der Waals surface area contributed by atoms with Crippen LogP contribution >= 0.6 is 0 Å². The van der Waals surface area contributed by atoms with Gasteiger partial charge in [0.05, 0.1) is 5.69 Å². The van der Waals surface area contributed by atoms with Crippen LogP contribution in [0.1, 0.15) is 101 Å². The van der Waals surface area contributed by atoms with Gasteiger partial charge in [0.25, 0.3) is 5.91 Å². The molecule has 1 atom stereocenters. The second kappa shape index (κ2) is 10.1. The zero-order chi connectivity index (χ0) is 25.3. The Balaban J connectivity index is 1.43. The van der Waals surface area contributed by atoms with E-state index in [0.717, 1.165) is 60.1 Å². The first-order chi connectivity index (χ1) is 16.5. The number of carbonyl (C=O) groups excluding carboxylic acids is 1. The van der Waals surface area contributed by atoms with Gasteiger partial charge in [-0.3, -0.25) is 9.89 Å². The molecule has 0 spiro atoms. The van der Waals surface area contributed by atoms with Gasteiger partial charge in [0.2, 0.25) is 0 Å². The number of hydrogen-bond acceptors (Lipinski definition) is 5. The van der Waals surface area contributed by atoms with Crippen LogP contribution in [0.3, 0.4) is 0 Å². The number of hydrogen-bond donors (Lipinski definition) is 3. The highest BCUT2D eigenvalue weighted by atomic mass is 16.2. The lowest BCUT2D eigenvalue weighted by Crippen LogP contribution is -2.45. The molecule has 3 heterocycles. The molecule has 8 heteroatoms. The second-order valence-electron chi connectivity index (χ2n) is 11.8. The van der Waals surface area contributed by atoms with Crippen molar-refractivity contribution in [1.29, 1.82) is 0 Å². The molecule has 0 bridgehead atoms. The van der Waals surface area contributed by atoms with Crippen LogP contribution in [0.15, 0.2) is 18.6 Å². The van der Waals surface area contributed by atoms with Crippen molar-refractivity contribution in [1.82, 2.24) is 35.4 Å². The van der Waals surface area contributed by atoms with Gasteiger partial charge in [-0.1, -0.05) is 34.6 Å². The largest absolute Gasteiger partial charge is 0.348 e. The molecule has 1 fully saturated rings. The zero-order valence-corrected chi connectivity index (χ0v) is 22.3. The van der Waals surface area contributed by atoms with E-state index in [0.29, 0.717) is 23.2 Å². The maximum absolute atomic E-state index is 13.3. The summed E-state index contributed by atoms with van der Waals surface area (Å²) in [6.45, 7) is 15.4. The second-order valence-corrected chi connectivity index (χ2v) is 11.8. The van der Waals surface area contributed by atoms with Gasteiger partial charge in [0, 0.05) is 35.4 Å². The van der Waals surface area contributed by atoms with Crippen LogP contribution in [0.4, 0.5) is 0 Å². The lowest BCUT2D eigenvalue weighted by molar-refractivity contribution is 0.0916. The van der Waals surface area contributed by atoms with Gasteiger partial charge in [0.15, 0.2) is 11.3 Å². The fourth-order valence-electron chi connectivity index (χ4n) is 5.57. The molecule has 4 rings (SSSR count). The van der Waals surface area contributed by atoms with Crippen LogP contribution in [-0.4, -0.2) is 48.8 Å². The maximum Gasteiger partial charge on any atom is 0.272 e. The van der Waals surface area contributed by atoms with E-state index < -0.39 is 0 Å². The summed E-state index contributed by atoms with van der Waals surface area (Å²) >= 11 is 0. The molecule has 3 aromatic rings. The van der Waals surface area contributed by atoms with Gasteiger partial charge in [-0.2, -0.15) is 10.2 Å².